The van der Waals surface area contributed by atoms with Crippen molar-refractivity contribution in [2.45, 2.75) is 50.0 Å². The van der Waals surface area contributed by atoms with Gasteiger partial charge in [0.1, 0.15) is 16.4 Å². The summed E-state index contributed by atoms with van der Waals surface area (Å²) in [6.07, 6.45) is 7.59. The summed E-state index contributed by atoms with van der Waals surface area (Å²) in [5, 5.41) is 7.70. The van der Waals surface area contributed by atoms with Crippen molar-refractivity contribution in [3.63, 3.8) is 0 Å². The molecule has 2 aliphatic rings. The summed E-state index contributed by atoms with van der Waals surface area (Å²) in [5.74, 6) is -2.94. The molecule has 156 valence electrons. The minimum atomic E-state index is -3.09. The zero-order chi connectivity index (χ0) is 21.1. The van der Waals surface area contributed by atoms with Crippen LogP contribution < -0.4 is 5.32 Å². The Hall–Kier alpha value is -2.68. The number of thiazole rings is 1. The number of carbonyl (C=O) groups excluding carboxylic acids is 1. The Kier molecular flexibility index (Phi) is 4.29. The van der Waals surface area contributed by atoms with Crippen molar-refractivity contribution >= 4 is 17.2 Å². The van der Waals surface area contributed by atoms with Crippen molar-refractivity contribution in [2.75, 3.05) is 0 Å². The lowest BCUT2D eigenvalue weighted by Crippen LogP contribution is -2.35. The second kappa shape index (κ2) is 6.66. The van der Waals surface area contributed by atoms with E-state index >= 15 is 0 Å². The van der Waals surface area contributed by atoms with Gasteiger partial charge < -0.3 is 5.32 Å². The predicted octanol–water partition coefficient (Wildman–Crippen LogP) is 4.35. The molecule has 3 heterocycles. The molecule has 5 rings (SSSR count). The molecule has 30 heavy (non-hydrogen) atoms. The lowest BCUT2D eigenvalue weighted by atomic mass is 10.2. The summed E-state index contributed by atoms with van der Waals surface area (Å²) in [6, 6.07) is 5.20. The number of nitrogens with one attached hydrogen (secondary N) is 1. The smallest absolute Gasteiger partial charge is 0.288 e. The predicted molar refractivity (Wildman–Crippen MR) is 108 cm³/mol. The number of hydrogen-bond acceptors (Lipinski definition) is 5. The van der Waals surface area contributed by atoms with Gasteiger partial charge in [0.25, 0.3) is 11.8 Å². The second-order valence-corrected chi connectivity index (χ2v) is 9.27. The number of halogens is 2. The Balaban J connectivity index is 1.36. The van der Waals surface area contributed by atoms with Crippen LogP contribution in [0, 0.1) is 0 Å². The molecule has 0 bridgehead atoms. The van der Waals surface area contributed by atoms with Gasteiger partial charge in [-0.05, 0) is 43.9 Å². The van der Waals surface area contributed by atoms with E-state index in [1.165, 1.54) is 24.6 Å². The highest BCUT2D eigenvalue weighted by molar-refractivity contribution is 7.15. The maximum Gasteiger partial charge on any atom is 0.288 e. The summed E-state index contributed by atoms with van der Waals surface area (Å²) in [7, 11) is 1.50. The summed E-state index contributed by atoms with van der Waals surface area (Å²) in [5.41, 5.74) is 1.36. The third-order valence-electron chi connectivity index (χ3n) is 5.67. The largest absolute Gasteiger partial charge is 0.340 e. The van der Waals surface area contributed by atoms with Gasteiger partial charge in [0.15, 0.2) is 0 Å². The average Bonchev–Trinajstić information content (AvgIpc) is 3.60. The number of nitrogens with zero attached hydrogens (tertiary/aromatic N) is 4. The molecule has 1 N–H and O–H groups in total. The number of carbonyl (C=O) groups is 1. The van der Waals surface area contributed by atoms with Crippen LogP contribution in [0.1, 0.15) is 65.3 Å². The molecule has 2 aliphatic carbocycles. The van der Waals surface area contributed by atoms with Gasteiger partial charge in [-0.15, -0.1) is 11.3 Å². The zero-order valence-corrected chi connectivity index (χ0v) is 17.5. The van der Waals surface area contributed by atoms with Crippen LogP contribution in [-0.4, -0.2) is 25.7 Å². The summed E-state index contributed by atoms with van der Waals surface area (Å²) in [4.78, 5) is 22.8. The van der Waals surface area contributed by atoms with Crippen LogP contribution in [0.25, 0.3) is 10.6 Å². The molecule has 6 nitrogen and oxygen atoms in total. The van der Waals surface area contributed by atoms with E-state index in [-0.39, 0.29) is 5.69 Å². The van der Waals surface area contributed by atoms with Crippen molar-refractivity contribution < 1.29 is 13.6 Å². The Bertz CT molecular complexity index is 1120. The van der Waals surface area contributed by atoms with Gasteiger partial charge in [0.2, 0.25) is 0 Å². The maximum atomic E-state index is 13.6. The van der Waals surface area contributed by atoms with E-state index in [4.69, 9.17) is 0 Å². The zero-order valence-electron chi connectivity index (χ0n) is 16.7. The molecular formula is C21H21F2N5OS. The van der Waals surface area contributed by atoms with Crippen molar-refractivity contribution in [2.24, 2.45) is 7.05 Å². The molecule has 0 aliphatic heterocycles. The van der Waals surface area contributed by atoms with E-state index in [0.29, 0.717) is 5.92 Å². The number of hydrogen-bond donors (Lipinski definition) is 1. The van der Waals surface area contributed by atoms with E-state index < -0.39 is 23.1 Å². The first-order valence-electron chi connectivity index (χ1n) is 9.93. The minimum Gasteiger partial charge on any atom is -0.340 e. The van der Waals surface area contributed by atoms with Crippen LogP contribution in [0.15, 0.2) is 30.6 Å². The van der Waals surface area contributed by atoms with E-state index in [0.717, 1.165) is 47.0 Å². The third kappa shape index (κ3) is 3.51. The Morgan fingerprint density at radius 3 is 2.70 bits per heavy atom. The standard InChI is InChI=1S/C21H21F2N5OS/c1-20(22,23)16-10-15(28(2)27-16)18(29)26-21(6-7-21)17-11-25-19(30-17)13-5-8-24-14(9-13)12-3-4-12/h5,8-12H,3-4,6-7H2,1-2H3,(H,26,29). The van der Waals surface area contributed by atoms with Crippen LogP contribution >= 0.6 is 11.3 Å². The number of pyridine rings is 1. The van der Waals surface area contributed by atoms with Crippen molar-refractivity contribution in [3.05, 3.63) is 52.6 Å². The SMILES string of the molecule is Cn1nc(C(C)(F)F)cc1C(=O)NC1(c2cnc(-c3ccnc(C4CC4)c3)s2)CC1. The number of rotatable bonds is 6. The minimum absolute atomic E-state index is 0.116. The number of alkyl halides is 2. The molecule has 2 fully saturated rings. The first kappa shape index (κ1) is 19.3. The highest BCUT2D eigenvalue weighted by Gasteiger charge is 2.48. The van der Waals surface area contributed by atoms with E-state index in [1.54, 1.807) is 17.5 Å². The highest BCUT2D eigenvalue weighted by Crippen LogP contribution is 2.49. The van der Waals surface area contributed by atoms with E-state index in [9.17, 15) is 13.6 Å². The molecule has 9 heteroatoms. The van der Waals surface area contributed by atoms with Crippen molar-refractivity contribution in [1.82, 2.24) is 25.1 Å². The third-order valence-corrected chi connectivity index (χ3v) is 6.92. The van der Waals surface area contributed by atoms with Gasteiger partial charge in [-0.1, -0.05) is 0 Å². The summed E-state index contributed by atoms with van der Waals surface area (Å²) >= 11 is 1.55. The lowest BCUT2D eigenvalue weighted by molar-refractivity contribution is 0.0122. The first-order valence-corrected chi connectivity index (χ1v) is 10.7. The van der Waals surface area contributed by atoms with Gasteiger partial charge in [-0.2, -0.15) is 13.9 Å². The fraction of sp³-hybridized carbons (Fsp3) is 0.429. The molecule has 0 saturated heterocycles. The van der Waals surface area contributed by atoms with Gasteiger partial charge >= 0.3 is 0 Å². The monoisotopic (exact) mass is 429 g/mol. The van der Waals surface area contributed by atoms with Gasteiger partial charge in [-0.25, -0.2) is 4.98 Å². The number of aryl methyl sites for hydroxylation is 1. The Morgan fingerprint density at radius 2 is 2.07 bits per heavy atom. The van der Waals surface area contributed by atoms with Crippen LogP contribution in [0.2, 0.25) is 0 Å². The Labute approximate surface area is 176 Å². The quantitative estimate of drug-likeness (QED) is 0.632. The van der Waals surface area contributed by atoms with Gasteiger partial charge in [0.05, 0.1) is 10.4 Å². The van der Waals surface area contributed by atoms with Crippen molar-refractivity contribution in [3.8, 4) is 10.6 Å². The van der Waals surface area contributed by atoms with Crippen LogP contribution in [-0.2, 0) is 18.5 Å². The van der Waals surface area contributed by atoms with Gasteiger partial charge in [-0.3, -0.25) is 14.5 Å². The molecule has 0 unspecified atom stereocenters. The highest BCUT2D eigenvalue weighted by atomic mass is 32.1. The lowest BCUT2D eigenvalue weighted by Gasteiger charge is -2.15. The average molecular weight is 429 g/mol. The van der Waals surface area contributed by atoms with Crippen LogP contribution in [0.4, 0.5) is 8.78 Å². The van der Waals surface area contributed by atoms with Crippen LogP contribution in [0.5, 0.6) is 0 Å². The van der Waals surface area contributed by atoms with E-state index in [2.05, 4.69) is 26.4 Å². The molecule has 3 aromatic rings. The number of amides is 1. The van der Waals surface area contributed by atoms with Crippen LogP contribution in [0.3, 0.4) is 0 Å². The molecule has 0 aromatic carbocycles. The molecule has 1 amide bonds. The molecule has 0 atom stereocenters. The normalized spacial score (nSPS) is 17.7. The summed E-state index contributed by atoms with van der Waals surface area (Å²) < 4.78 is 28.3. The molecule has 3 aromatic heterocycles. The fourth-order valence-electron chi connectivity index (χ4n) is 3.55. The molecule has 0 spiro atoms. The molecule has 2 saturated carbocycles. The maximum absolute atomic E-state index is 13.6. The molecular weight excluding hydrogens is 408 g/mol. The van der Waals surface area contributed by atoms with Gasteiger partial charge in [0, 0.05) is 43.5 Å². The summed E-state index contributed by atoms with van der Waals surface area (Å²) in [6.45, 7) is 0.770. The van der Waals surface area contributed by atoms with E-state index in [1.807, 2.05) is 12.3 Å². The number of aromatic nitrogens is 4. The van der Waals surface area contributed by atoms with Crippen molar-refractivity contribution in [1.29, 1.82) is 0 Å². The topological polar surface area (TPSA) is 72.7 Å². The second-order valence-electron chi connectivity index (χ2n) is 8.24. The molecule has 0 radical (unpaired) electrons. The first-order chi connectivity index (χ1) is 14.2. The Morgan fingerprint density at radius 1 is 1.30 bits per heavy atom. The fourth-order valence-corrected chi connectivity index (χ4v) is 4.66.